The molecule has 156 valence electrons. The summed E-state index contributed by atoms with van der Waals surface area (Å²) in [6.45, 7) is 7.15. The number of aromatic nitrogens is 2. The number of hydrogen-bond donors (Lipinski definition) is 2. The zero-order valence-electron chi connectivity index (χ0n) is 17.1. The molecule has 2 saturated heterocycles. The van der Waals surface area contributed by atoms with Crippen LogP contribution in [0.15, 0.2) is 46.4 Å². The van der Waals surface area contributed by atoms with Crippen molar-refractivity contribution in [2.45, 2.75) is 12.3 Å². The summed E-state index contributed by atoms with van der Waals surface area (Å²) in [7, 11) is 0. The van der Waals surface area contributed by atoms with Crippen molar-refractivity contribution < 1.29 is 0 Å². The maximum atomic E-state index is 4.84. The van der Waals surface area contributed by atoms with E-state index in [-0.39, 0.29) is 12.3 Å². The van der Waals surface area contributed by atoms with Crippen molar-refractivity contribution in [3.8, 4) is 0 Å². The summed E-state index contributed by atoms with van der Waals surface area (Å²) in [6.07, 6.45) is 4.05. The lowest BCUT2D eigenvalue weighted by Crippen LogP contribution is -2.31. The van der Waals surface area contributed by atoms with Crippen molar-refractivity contribution in [2.75, 3.05) is 52.4 Å². The molecule has 5 heterocycles. The number of fused-ring (bicyclic) bond motifs is 8. The number of nitrogens with zero attached hydrogens (tertiary/aromatic N) is 6. The van der Waals surface area contributed by atoms with Crippen LogP contribution in [0.3, 0.4) is 0 Å². The zero-order valence-corrected chi connectivity index (χ0v) is 17.1. The Morgan fingerprint density at radius 3 is 1.67 bits per heavy atom. The number of aliphatic imine (C=N–C) groups is 2. The molecular weight excluding hydrogens is 376 g/mol. The van der Waals surface area contributed by atoms with Crippen molar-refractivity contribution >= 4 is 12.4 Å². The minimum absolute atomic E-state index is 0.130. The van der Waals surface area contributed by atoms with Crippen LogP contribution in [0, 0.1) is 0 Å². The van der Waals surface area contributed by atoms with E-state index in [1.54, 1.807) is 0 Å². The van der Waals surface area contributed by atoms with Crippen LogP contribution in [-0.2, 0) is 0 Å². The van der Waals surface area contributed by atoms with E-state index >= 15 is 0 Å². The number of nitrogens with one attached hydrogen (secondary N) is 2. The molecule has 2 fully saturated rings. The second kappa shape index (κ2) is 9.09. The number of hydrogen-bond acceptors (Lipinski definition) is 8. The highest BCUT2D eigenvalue weighted by atomic mass is 15.3. The first-order chi connectivity index (χ1) is 14.9. The summed E-state index contributed by atoms with van der Waals surface area (Å²) in [4.78, 5) is 23.8. The Labute approximate surface area is 177 Å². The predicted molar refractivity (Wildman–Crippen MR) is 118 cm³/mol. The number of pyridine rings is 2. The van der Waals surface area contributed by atoms with Gasteiger partial charge < -0.3 is 0 Å². The fraction of sp³-hybridized carbons (Fsp3) is 0.455. The smallest absolute Gasteiger partial charge is 0.104 e. The predicted octanol–water partition coefficient (Wildman–Crippen LogP) is 0.836. The van der Waals surface area contributed by atoms with Gasteiger partial charge in [0.05, 0.1) is 35.9 Å². The molecule has 2 atom stereocenters. The maximum absolute atomic E-state index is 4.84. The molecule has 5 rings (SSSR count). The van der Waals surface area contributed by atoms with Gasteiger partial charge in [-0.25, -0.2) is 9.97 Å². The quantitative estimate of drug-likeness (QED) is 0.677. The molecule has 2 aromatic rings. The van der Waals surface area contributed by atoms with Gasteiger partial charge in [-0.3, -0.25) is 30.4 Å². The Kier molecular flexibility index (Phi) is 5.89. The summed E-state index contributed by atoms with van der Waals surface area (Å²) in [5.74, 6) is 0. The van der Waals surface area contributed by atoms with Crippen molar-refractivity contribution in [2.24, 2.45) is 9.98 Å². The Bertz CT molecular complexity index is 851. The molecule has 4 bridgehead atoms. The third-order valence-electron chi connectivity index (χ3n) is 5.83. The third-order valence-corrected chi connectivity index (χ3v) is 5.83. The monoisotopic (exact) mass is 404 g/mol. The van der Waals surface area contributed by atoms with E-state index in [9.17, 15) is 0 Å². The molecule has 3 aliphatic heterocycles. The molecular formula is C22H28N8. The van der Waals surface area contributed by atoms with E-state index in [1.807, 2.05) is 24.6 Å². The lowest BCUT2D eigenvalue weighted by molar-refractivity contribution is 0.247. The van der Waals surface area contributed by atoms with Crippen LogP contribution < -0.4 is 10.6 Å². The van der Waals surface area contributed by atoms with E-state index in [1.165, 1.54) is 0 Å². The van der Waals surface area contributed by atoms with Gasteiger partial charge in [-0.1, -0.05) is 12.1 Å². The maximum Gasteiger partial charge on any atom is 0.104 e. The Morgan fingerprint density at radius 1 is 0.667 bits per heavy atom. The standard InChI is InChI=1S/C22H28N8/c1-3-17-15-23-7-12-30-14-10-26-22(30)20-6-2-4-18(28-20)16-24-8-11-29-13-9-25-21(29)19(5-1)27-17/h1-6,15-16,21-22,25-26H,7-14H2. The largest absolute Gasteiger partial charge is 0.295 e. The molecule has 0 aromatic carbocycles. The fourth-order valence-electron chi connectivity index (χ4n) is 4.35. The minimum Gasteiger partial charge on any atom is -0.295 e. The first kappa shape index (κ1) is 19.4. The van der Waals surface area contributed by atoms with Gasteiger partial charge in [-0.2, -0.15) is 0 Å². The summed E-state index contributed by atoms with van der Waals surface area (Å²) in [5.41, 5.74) is 3.90. The van der Waals surface area contributed by atoms with E-state index in [2.05, 4.69) is 54.7 Å². The average molecular weight is 405 g/mol. The van der Waals surface area contributed by atoms with Crippen LogP contribution in [-0.4, -0.2) is 84.6 Å². The van der Waals surface area contributed by atoms with Gasteiger partial charge in [0.15, 0.2) is 0 Å². The van der Waals surface area contributed by atoms with Gasteiger partial charge in [-0.05, 0) is 24.3 Å². The van der Waals surface area contributed by atoms with E-state index < -0.39 is 0 Å². The Hall–Kier alpha value is -2.52. The summed E-state index contributed by atoms with van der Waals surface area (Å²) < 4.78 is 0. The van der Waals surface area contributed by atoms with Gasteiger partial charge in [0.1, 0.15) is 12.3 Å². The first-order valence-corrected chi connectivity index (χ1v) is 10.8. The molecule has 0 amide bonds. The Balaban J connectivity index is 1.42. The van der Waals surface area contributed by atoms with Crippen molar-refractivity contribution in [3.05, 3.63) is 59.2 Å². The summed E-state index contributed by atoms with van der Waals surface area (Å²) >= 11 is 0. The SMILES string of the molecule is C1=NCCN2CCNC2c2cccc(n2)C=NCCN2CCNC2c2cccc1n2. The van der Waals surface area contributed by atoms with Gasteiger partial charge in [-0.15, -0.1) is 0 Å². The average Bonchev–Trinajstić information content (AvgIpc) is 3.44. The molecule has 8 nitrogen and oxygen atoms in total. The molecule has 2 unspecified atom stereocenters. The highest BCUT2D eigenvalue weighted by molar-refractivity contribution is 5.77. The van der Waals surface area contributed by atoms with E-state index in [0.717, 1.165) is 75.1 Å². The van der Waals surface area contributed by atoms with Gasteiger partial charge in [0, 0.05) is 51.7 Å². The molecule has 30 heavy (non-hydrogen) atoms. The van der Waals surface area contributed by atoms with Crippen LogP contribution in [0.25, 0.3) is 0 Å². The van der Waals surface area contributed by atoms with Crippen LogP contribution in [0.4, 0.5) is 0 Å². The summed E-state index contributed by atoms with van der Waals surface area (Å²) in [5, 5.41) is 7.12. The van der Waals surface area contributed by atoms with Crippen LogP contribution >= 0.6 is 0 Å². The normalized spacial score (nSPS) is 25.5. The van der Waals surface area contributed by atoms with Gasteiger partial charge in [0.25, 0.3) is 0 Å². The van der Waals surface area contributed by atoms with Crippen LogP contribution in [0.2, 0.25) is 0 Å². The molecule has 2 N–H and O–H groups in total. The lowest BCUT2D eigenvalue weighted by atomic mass is 10.2. The highest BCUT2D eigenvalue weighted by Crippen LogP contribution is 2.21. The van der Waals surface area contributed by atoms with Crippen molar-refractivity contribution in [3.63, 3.8) is 0 Å². The Morgan fingerprint density at radius 2 is 1.17 bits per heavy atom. The minimum atomic E-state index is 0.130. The lowest BCUT2D eigenvalue weighted by Gasteiger charge is -2.23. The zero-order chi connectivity index (χ0) is 20.2. The second-order valence-electron chi connectivity index (χ2n) is 7.83. The molecule has 0 aliphatic carbocycles. The van der Waals surface area contributed by atoms with Crippen LogP contribution in [0.1, 0.15) is 35.1 Å². The van der Waals surface area contributed by atoms with E-state index in [4.69, 9.17) is 9.97 Å². The molecule has 0 spiro atoms. The highest BCUT2D eigenvalue weighted by Gasteiger charge is 2.27. The van der Waals surface area contributed by atoms with Crippen LogP contribution in [0.5, 0.6) is 0 Å². The second-order valence-corrected chi connectivity index (χ2v) is 7.83. The topological polar surface area (TPSA) is 81.0 Å². The third kappa shape index (κ3) is 4.32. The van der Waals surface area contributed by atoms with Gasteiger partial charge >= 0.3 is 0 Å². The number of rotatable bonds is 0. The fourth-order valence-corrected chi connectivity index (χ4v) is 4.35. The molecule has 3 aliphatic rings. The molecule has 2 aromatic heterocycles. The van der Waals surface area contributed by atoms with Gasteiger partial charge in [0.2, 0.25) is 0 Å². The van der Waals surface area contributed by atoms with Crippen molar-refractivity contribution in [1.82, 2.24) is 30.4 Å². The summed E-state index contributed by atoms with van der Waals surface area (Å²) in [6, 6.07) is 12.3. The molecule has 0 radical (unpaired) electrons. The molecule has 8 heteroatoms. The molecule has 0 saturated carbocycles. The van der Waals surface area contributed by atoms with Crippen molar-refractivity contribution in [1.29, 1.82) is 0 Å². The van der Waals surface area contributed by atoms with E-state index in [0.29, 0.717) is 0 Å². The first-order valence-electron chi connectivity index (χ1n) is 10.8.